The standard InChI is InChI=1S/C12H22N2O5S/c1-3-6-14(10-5-7-20(17,18)9-10)12(16)13-8-11(15)19-4-2/h10H,3-9H2,1-2H3,(H,13,16)/t10-/m1/s1. The lowest BCUT2D eigenvalue weighted by Crippen LogP contribution is -2.48. The minimum atomic E-state index is -3.05. The van der Waals surface area contributed by atoms with Crippen LogP contribution in [-0.2, 0) is 19.4 Å². The highest BCUT2D eigenvalue weighted by Gasteiger charge is 2.34. The summed E-state index contributed by atoms with van der Waals surface area (Å²) in [6.45, 7) is 4.12. The highest BCUT2D eigenvalue weighted by Crippen LogP contribution is 2.18. The second kappa shape index (κ2) is 7.47. The van der Waals surface area contributed by atoms with Gasteiger partial charge in [-0.15, -0.1) is 0 Å². The van der Waals surface area contributed by atoms with E-state index < -0.39 is 21.8 Å². The first-order valence-corrected chi connectivity index (χ1v) is 8.62. The molecule has 0 unspecified atom stereocenters. The van der Waals surface area contributed by atoms with Crippen molar-refractivity contribution >= 4 is 21.8 Å². The van der Waals surface area contributed by atoms with E-state index in [1.54, 1.807) is 6.92 Å². The normalized spacial score (nSPS) is 20.4. The van der Waals surface area contributed by atoms with Crippen molar-refractivity contribution in [3.05, 3.63) is 0 Å². The van der Waals surface area contributed by atoms with Crippen LogP contribution in [0.15, 0.2) is 0 Å². The summed E-state index contributed by atoms with van der Waals surface area (Å²) >= 11 is 0. The van der Waals surface area contributed by atoms with Gasteiger partial charge in [-0.3, -0.25) is 4.79 Å². The molecule has 20 heavy (non-hydrogen) atoms. The van der Waals surface area contributed by atoms with Crippen molar-refractivity contribution < 1.29 is 22.7 Å². The lowest BCUT2D eigenvalue weighted by atomic mass is 10.2. The predicted octanol–water partition coefficient (Wildman–Crippen LogP) is 0.158. The number of nitrogens with one attached hydrogen (secondary N) is 1. The number of urea groups is 1. The largest absolute Gasteiger partial charge is 0.465 e. The van der Waals surface area contributed by atoms with Crippen LogP contribution in [0.5, 0.6) is 0 Å². The fourth-order valence-corrected chi connectivity index (χ4v) is 3.90. The van der Waals surface area contributed by atoms with Crippen molar-refractivity contribution in [3.8, 4) is 0 Å². The third kappa shape index (κ3) is 4.99. The van der Waals surface area contributed by atoms with Crippen LogP contribution in [0.4, 0.5) is 4.79 Å². The Morgan fingerprint density at radius 1 is 1.35 bits per heavy atom. The molecule has 0 saturated carbocycles. The molecule has 0 radical (unpaired) electrons. The molecule has 1 fully saturated rings. The Bertz CT molecular complexity index is 449. The molecule has 0 aromatic carbocycles. The Labute approximate surface area is 119 Å². The maximum absolute atomic E-state index is 12.1. The summed E-state index contributed by atoms with van der Waals surface area (Å²) in [6, 6.07) is -0.718. The number of hydrogen-bond donors (Lipinski definition) is 1. The molecule has 1 heterocycles. The summed E-state index contributed by atoms with van der Waals surface area (Å²) < 4.78 is 27.7. The first-order chi connectivity index (χ1) is 9.39. The summed E-state index contributed by atoms with van der Waals surface area (Å²) in [5.41, 5.74) is 0. The summed E-state index contributed by atoms with van der Waals surface area (Å²) in [5.74, 6) is -0.389. The molecular formula is C12H22N2O5S. The van der Waals surface area contributed by atoms with Gasteiger partial charge in [-0.05, 0) is 19.8 Å². The second-order valence-corrected chi connectivity index (χ2v) is 6.94. The molecule has 1 aliphatic rings. The van der Waals surface area contributed by atoms with Crippen LogP contribution >= 0.6 is 0 Å². The number of hydrogen-bond acceptors (Lipinski definition) is 5. The summed E-state index contributed by atoms with van der Waals surface area (Å²) in [4.78, 5) is 24.8. The van der Waals surface area contributed by atoms with Crippen LogP contribution in [0.3, 0.4) is 0 Å². The number of amides is 2. The zero-order valence-electron chi connectivity index (χ0n) is 11.9. The number of sulfone groups is 1. The molecular weight excluding hydrogens is 284 g/mol. The molecule has 1 N–H and O–H groups in total. The number of rotatable bonds is 6. The van der Waals surface area contributed by atoms with Crippen LogP contribution in [-0.4, -0.2) is 62.6 Å². The molecule has 7 nitrogen and oxygen atoms in total. The van der Waals surface area contributed by atoms with Crippen molar-refractivity contribution in [2.75, 3.05) is 31.2 Å². The number of ether oxygens (including phenoxy) is 1. The molecule has 0 spiro atoms. The van der Waals surface area contributed by atoms with E-state index in [1.807, 2.05) is 6.92 Å². The topological polar surface area (TPSA) is 92.8 Å². The molecule has 1 rings (SSSR count). The number of carbonyl (C=O) groups is 2. The summed E-state index contributed by atoms with van der Waals surface area (Å²) in [5, 5.41) is 2.47. The lowest BCUT2D eigenvalue weighted by Gasteiger charge is -2.27. The van der Waals surface area contributed by atoms with Crippen molar-refractivity contribution in [2.45, 2.75) is 32.7 Å². The minimum absolute atomic E-state index is 0.000172. The molecule has 0 bridgehead atoms. The zero-order chi connectivity index (χ0) is 15.2. The Hall–Kier alpha value is -1.31. The fourth-order valence-electron chi connectivity index (χ4n) is 2.17. The quantitative estimate of drug-likeness (QED) is 0.706. The van der Waals surface area contributed by atoms with Crippen LogP contribution in [0.25, 0.3) is 0 Å². The minimum Gasteiger partial charge on any atom is -0.465 e. The molecule has 1 saturated heterocycles. The molecule has 1 aliphatic heterocycles. The number of carbonyl (C=O) groups excluding carboxylic acids is 2. The van der Waals surface area contributed by atoms with Crippen LogP contribution < -0.4 is 5.32 Å². The zero-order valence-corrected chi connectivity index (χ0v) is 12.7. The third-order valence-electron chi connectivity index (χ3n) is 3.06. The molecule has 116 valence electrons. The fraction of sp³-hybridized carbons (Fsp3) is 0.833. The first kappa shape index (κ1) is 16.7. The highest BCUT2D eigenvalue weighted by molar-refractivity contribution is 7.91. The Morgan fingerprint density at radius 3 is 2.55 bits per heavy atom. The van der Waals surface area contributed by atoms with Crippen molar-refractivity contribution in [1.29, 1.82) is 0 Å². The van der Waals surface area contributed by atoms with E-state index >= 15 is 0 Å². The van der Waals surface area contributed by atoms with E-state index in [1.165, 1.54) is 4.90 Å². The highest BCUT2D eigenvalue weighted by atomic mass is 32.2. The van der Waals surface area contributed by atoms with Gasteiger partial charge in [0.15, 0.2) is 9.84 Å². The van der Waals surface area contributed by atoms with Gasteiger partial charge in [0.2, 0.25) is 0 Å². The third-order valence-corrected chi connectivity index (χ3v) is 4.81. The van der Waals surface area contributed by atoms with Crippen molar-refractivity contribution in [1.82, 2.24) is 10.2 Å². The summed E-state index contributed by atoms with van der Waals surface area (Å²) in [7, 11) is -3.05. The van der Waals surface area contributed by atoms with Gasteiger partial charge in [-0.1, -0.05) is 6.92 Å². The van der Waals surface area contributed by atoms with Gasteiger partial charge < -0.3 is 15.0 Å². The van der Waals surface area contributed by atoms with E-state index in [0.29, 0.717) is 13.0 Å². The smallest absolute Gasteiger partial charge is 0.325 e. The predicted molar refractivity (Wildman–Crippen MR) is 74.1 cm³/mol. The van der Waals surface area contributed by atoms with Gasteiger partial charge in [-0.2, -0.15) is 0 Å². The van der Waals surface area contributed by atoms with Crippen LogP contribution in [0.2, 0.25) is 0 Å². The van der Waals surface area contributed by atoms with Gasteiger partial charge in [0.1, 0.15) is 6.54 Å². The van der Waals surface area contributed by atoms with Gasteiger partial charge in [0.25, 0.3) is 0 Å². The molecule has 2 amide bonds. The molecule has 0 aromatic heterocycles. The van der Waals surface area contributed by atoms with Crippen molar-refractivity contribution in [2.24, 2.45) is 0 Å². The maximum Gasteiger partial charge on any atom is 0.325 e. The number of esters is 1. The van der Waals surface area contributed by atoms with E-state index in [2.05, 4.69) is 5.32 Å². The van der Waals surface area contributed by atoms with Gasteiger partial charge in [-0.25, -0.2) is 13.2 Å². The SMILES string of the molecule is CCCN(C(=O)NCC(=O)OCC)[C@@H]1CCS(=O)(=O)C1. The lowest BCUT2D eigenvalue weighted by molar-refractivity contribution is -0.141. The Balaban J connectivity index is 2.57. The van der Waals surface area contributed by atoms with Crippen LogP contribution in [0.1, 0.15) is 26.7 Å². The van der Waals surface area contributed by atoms with Gasteiger partial charge in [0, 0.05) is 12.6 Å². The first-order valence-electron chi connectivity index (χ1n) is 6.80. The Morgan fingerprint density at radius 2 is 2.05 bits per heavy atom. The molecule has 8 heteroatoms. The second-order valence-electron chi connectivity index (χ2n) is 4.71. The molecule has 0 aromatic rings. The molecule has 0 aliphatic carbocycles. The van der Waals surface area contributed by atoms with E-state index in [0.717, 1.165) is 6.42 Å². The average Bonchev–Trinajstić information content (AvgIpc) is 2.73. The van der Waals surface area contributed by atoms with Gasteiger partial charge >= 0.3 is 12.0 Å². The monoisotopic (exact) mass is 306 g/mol. The van der Waals surface area contributed by atoms with E-state index in [4.69, 9.17) is 4.74 Å². The molecule has 1 atom stereocenters. The number of nitrogens with zero attached hydrogens (tertiary/aromatic N) is 1. The maximum atomic E-state index is 12.1. The average molecular weight is 306 g/mol. The van der Waals surface area contributed by atoms with Gasteiger partial charge in [0.05, 0.1) is 18.1 Å². The van der Waals surface area contributed by atoms with E-state index in [-0.39, 0.29) is 30.7 Å². The van der Waals surface area contributed by atoms with E-state index in [9.17, 15) is 18.0 Å². The van der Waals surface area contributed by atoms with Crippen molar-refractivity contribution in [3.63, 3.8) is 0 Å². The Kier molecular flexibility index (Phi) is 6.25. The van der Waals surface area contributed by atoms with Crippen LogP contribution in [0, 0.1) is 0 Å². The summed E-state index contributed by atoms with van der Waals surface area (Å²) in [6.07, 6.45) is 1.18.